The number of allylic oxidation sites excluding steroid dienone is 2. The molecular formula is C8H11NO. The van der Waals surface area contributed by atoms with Gasteiger partial charge in [-0.3, -0.25) is 9.69 Å². The van der Waals surface area contributed by atoms with Crippen LogP contribution in [-0.2, 0) is 4.79 Å². The minimum absolute atomic E-state index is 0.192. The molecule has 0 saturated carbocycles. The largest absolute Gasteiger partial charge is 0.299 e. The van der Waals surface area contributed by atoms with E-state index >= 15 is 0 Å². The van der Waals surface area contributed by atoms with Crippen molar-refractivity contribution in [2.24, 2.45) is 0 Å². The molecule has 0 spiro atoms. The maximum atomic E-state index is 10.4. The van der Waals surface area contributed by atoms with Gasteiger partial charge < -0.3 is 0 Å². The standard InChI is InChI=1S/C8H11NO/c1-9(2)8-5-3-4-7(8)6-10/h3-6,8H,1-2H3. The van der Waals surface area contributed by atoms with Crippen molar-refractivity contribution in [3.05, 3.63) is 23.8 Å². The van der Waals surface area contributed by atoms with Crippen LogP contribution < -0.4 is 0 Å². The van der Waals surface area contributed by atoms with Crippen LogP contribution >= 0.6 is 0 Å². The molecule has 0 aromatic heterocycles. The second kappa shape index (κ2) is 2.80. The van der Waals surface area contributed by atoms with Gasteiger partial charge in [-0.1, -0.05) is 18.2 Å². The first kappa shape index (κ1) is 7.22. The second-order valence-corrected chi connectivity index (χ2v) is 2.58. The summed E-state index contributed by atoms with van der Waals surface area (Å²) in [5, 5.41) is 0. The van der Waals surface area contributed by atoms with Crippen molar-refractivity contribution in [3.8, 4) is 0 Å². The van der Waals surface area contributed by atoms with Crippen molar-refractivity contribution in [2.75, 3.05) is 14.1 Å². The Kier molecular flexibility index (Phi) is 2.02. The van der Waals surface area contributed by atoms with Crippen LogP contribution in [0.2, 0.25) is 0 Å². The van der Waals surface area contributed by atoms with E-state index in [0.717, 1.165) is 11.9 Å². The fraction of sp³-hybridized carbons (Fsp3) is 0.375. The molecule has 0 fully saturated rings. The fourth-order valence-corrected chi connectivity index (χ4v) is 1.06. The summed E-state index contributed by atoms with van der Waals surface area (Å²) >= 11 is 0. The summed E-state index contributed by atoms with van der Waals surface area (Å²) in [6.07, 6.45) is 6.67. The first-order valence-corrected chi connectivity index (χ1v) is 3.25. The second-order valence-electron chi connectivity index (χ2n) is 2.58. The predicted molar refractivity (Wildman–Crippen MR) is 40.8 cm³/mol. The molecule has 1 unspecified atom stereocenters. The molecular weight excluding hydrogens is 126 g/mol. The van der Waals surface area contributed by atoms with Crippen LogP contribution in [0.4, 0.5) is 0 Å². The van der Waals surface area contributed by atoms with Crippen molar-refractivity contribution in [1.82, 2.24) is 4.90 Å². The Morgan fingerprint density at radius 1 is 1.60 bits per heavy atom. The molecule has 0 N–H and O–H groups in total. The van der Waals surface area contributed by atoms with Gasteiger partial charge in [-0.2, -0.15) is 0 Å². The summed E-state index contributed by atoms with van der Waals surface area (Å²) in [7, 11) is 3.91. The highest BCUT2D eigenvalue weighted by Crippen LogP contribution is 2.12. The lowest BCUT2D eigenvalue weighted by Gasteiger charge is -2.17. The molecule has 0 aromatic rings. The van der Waals surface area contributed by atoms with Crippen LogP contribution in [0.1, 0.15) is 0 Å². The van der Waals surface area contributed by atoms with Gasteiger partial charge in [0.25, 0.3) is 0 Å². The van der Waals surface area contributed by atoms with Crippen molar-refractivity contribution >= 4 is 6.29 Å². The van der Waals surface area contributed by atoms with E-state index < -0.39 is 0 Å². The molecule has 0 heterocycles. The van der Waals surface area contributed by atoms with Crippen molar-refractivity contribution in [2.45, 2.75) is 6.04 Å². The molecule has 1 aliphatic rings. The monoisotopic (exact) mass is 137 g/mol. The Hall–Kier alpha value is -0.890. The molecule has 1 aliphatic carbocycles. The quantitative estimate of drug-likeness (QED) is 0.520. The van der Waals surface area contributed by atoms with Gasteiger partial charge in [-0.15, -0.1) is 0 Å². The zero-order valence-electron chi connectivity index (χ0n) is 6.24. The van der Waals surface area contributed by atoms with Gasteiger partial charge >= 0.3 is 0 Å². The third kappa shape index (κ3) is 1.16. The average Bonchev–Trinajstić information content (AvgIpc) is 2.33. The Bertz CT molecular complexity index is 191. The van der Waals surface area contributed by atoms with Crippen LogP contribution in [0, 0.1) is 0 Å². The summed E-state index contributed by atoms with van der Waals surface area (Å²) in [6.45, 7) is 0. The number of hydrogen-bond acceptors (Lipinski definition) is 2. The molecule has 0 radical (unpaired) electrons. The molecule has 1 atom stereocenters. The van der Waals surface area contributed by atoms with Crippen LogP contribution in [0.25, 0.3) is 0 Å². The molecule has 10 heavy (non-hydrogen) atoms. The van der Waals surface area contributed by atoms with Gasteiger partial charge in [0.2, 0.25) is 0 Å². The van der Waals surface area contributed by atoms with E-state index in [1.807, 2.05) is 37.2 Å². The van der Waals surface area contributed by atoms with Gasteiger partial charge in [0, 0.05) is 5.57 Å². The molecule has 2 heteroatoms. The summed E-state index contributed by atoms with van der Waals surface area (Å²) in [5.74, 6) is 0. The smallest absolute Gasteiger partial charge is 0.147 e. The first-order chi connectivity index (χ1) is 4.75. The average molecular weight is 137 g/mol. The molecule has 0 aliphatic heterocycles. The van der Waals surface area contributed by atoms with Crippen LogP contribution in [0.5, 0.6) is 0 Å². The van der Waals surface area contributed by atoms with Gasteiger partial charge in [0.1, 0.15) is 6.29 Å². The zero-order chi connectivity index (χ0) is 7.56. The van der Waals surface area contributed by atoms with Gasteiger partial charge in [-0.25, -0.2) is 0 Å². The third-order valence-corrected chi connectivity index (χ3v) is 1.62. The lowest BCUT2D eigenvalue weighted by Crippen LogP contribution is -2.26. The van der Waals surface area contributed by atoms with E-state index in [1.54, 1.807) is 0 Å². The van der Waals surface area contributed by atoms with E-state index in [2.05, 4.69) is 0 Å². The normalized spacial score (nSPS) is 23.5. The van der Waals surface area contributed by atoms with Crippen LogP contribution in [0.3, 0.4) is 0 Å². The topological polar surface area (TPSA) is 20.3 Å². The number of carbonyl (C=O) groups is 1. The summed E-state index contributed by atoms with van der Waals surface area (Å²) in [4.78, 5) is 12.4. The number of aldehydes is 1. The minimum atomic E-state index is 0.192. The van der Waals surface area contributed by atoms with Gasteiger partial charge in [-0.05, 0) is 14.1 Å². The van der Waals surface area contributed by atoms with E-state index in [1.165, 1.54) is 0 Å². The molecule has 1 rings (SSSR count). The van der Waals surface area contributed by atoms with Crippen molar-refractivity contribution < 1.29 is 4.79 Å². The van der Waals surface area contributed by atoms with E-state index in [4.69, 9.17) is 0 Å². The maximum Gasteiger partial charge on any atom is 0.147 e. The summed E-state index contributed by atoms with van der Waals surface area (Å²) < 4.78 is 0. The first-order valence-electron chi connectivity index (χ1n) is 3.25. The minimum Gasteiger partial charge on any atom is -0.299 e. The van der Waals surface area contributed by atoms with E-state index in [-0.39, 0.29) is 6.04 Å². The lowest BCUT2D eigenvalue weighted by atomic mass is 10.1. The Morgan fingerprint density at radius 2 is 2.30 bits per heavy atom. The highest BCUT2D eigenvalue weighted by Gasteiger charge is 2.14. The number of hydrogen-bond donors (Lipinski definition) is 0. The fourth-order valence-electron chi connectivity index (χ4n) is 1.06. The van der Waals surface area contributed by atoms with Crippen molar-refractivity contribution in [1.29, 1.82) is 0 Å². The van der Waals surface area contributed by atoms with Gasteiger partial charge in [0.15, 0.2) is 0 Å². The number of nitrogens with zero attached hydrogens (tertiary/aromatic N) is 1. The molecule has 2 nitrogen and oxygen atoms in total. The number of carbonyl (C=O) groups excluding carboxylic acids is 1. The molecule has 0 amide bonds. The molecule has 0 bridgehead atoms. The Labute approximate surface area is 60.8 Å². The maximum absolute atomic E-state index is 10.4. The number of rotatable bonds is 2. The summed E-state index contributed by atoms with van der Waals surface area (Å²) in [6, 6.07) is 0.192. The molecule has 0 aromatic carbocycles. The highest BCUT2D eigenvalue weighted by atomic mass is 16.1. The zero-order valence-corrected chi connectivity index (χ0v) is 6.24. The number of likely N-dealkylation sites (N-methyl/N-ethyl adjacent to an activating group) is 1. The van der Waals surface area contributed by atoms with E-state index in [0.29, 0.717) is 0 Å². The van der Waals surface area contributed by atoms with Crippen molar-refractivity contribution in [3.63, 3.8) is 0 Å². The van der Waals surface area contributed by atoms with Crippen LogP contribution in [-0.4, -0.2) is 31.3 Å². The lowest BCUT2D eigenvalue weighted by molar-refractivity contribution is -0.105. The third-order valence-electron chi connectivity index (χ3n) is 1.62. The highest BCUT2D eigenvalue weighted by molar-refractivity contribution is 5.78. The summed E-state index contributed by atoms with van der Waals surface area (Å²) in [5.41, 5.74) is 0.838. The molecule has 54 valence electrons. The Balaban J connectivity index is 2.71. The van der Waals surface area contributed by atoms with E-state index in [9.17, 15) is 4.79 Å². The van der Waals surface area contributed by atoms with Crippen LogP contribution in [0.15, 0.2) is 23.8 Å². The Morgan fingerprint density at radius 3 is 2.70 bits per heavy atom. The predicted octanol–water partition coefficient (Wildman–Crippen LogP) is 0.612. The van der Waals surface area contributed by atoms with Gasteiger partial charge in [0.05, 0.1) is 6.04 Å². The SMILES string of the molecule is CN(C)C1C=CC=C1C=O. The molecule has 0 saturated heterocycles.